The summed E-state index contributed by atoms with van der Waals surface area (Å²) in [6, 6.07) is 5.50. The molecule has 1 saturated heterocycles. The fourth-order valence-corrected chi connectivity index (χ4v) is 5.11. The molecule has 0 radical (unpaired) electrons. The summed E-state index contributed by atoms with van der Waals surface area (Å²) in [5.41, 5.74) is 1.05. The maximum Gasteiger partial charge on any atom is 0.150 e. The highest BCUT2D eigenvalue weighted by Crippen LogP contribution is 2.31. The molecule has 0 saturated carbocycles. The van der Waals surface area contributed by atoms with E-state index in [9.17, 15) is 8.42 Å². The lowest BCUT2D eigenvalue weighted by Crippen LogP contribution is -2.20. The molecule has 0 aliphatic carbocycles. The van der Waals surface area contributed by atoms with E-state index in [2.05, 4.69) is 0 Å². The van der Waals surface area contributed by atoms with Crippen molar-refractivity contribution in [3.05, 3.63) is 33.8 Å². The highest BCUT2D eigenvalue weighted by Gasteiger charge is 2.33. The zero-order chi connectivity index (χ0) is 14.0. The first-order chi connectivity index (χ1) is 8.91. The summed E-state index contributed by atoms with van der Waals surface area (Å²) in [6.45, 7) is 0. The molecule has 2 nitrogen and oxygen atoms in total. The predicted octanol–water partition coefficient (Wildman–Crippen LogP) is 3.83. The number of hydrogen-bond acceptors (Lipinski definition) is 2. The van der Waals surface area contributed by atoms with Crippen molar-refractivity contribution in [3.63, 3.8) is 0 Å². The Hall–Kier alpha value is 0.0400. The molecule has 0 spiro atoms. The average molecular weight is 342 g/mol. The SMILES string of the molecule is O=S1(=O)CCC(C(CCl)Cc2ccc(Cl)c(Cl)c2)C1. The van der Waals surface area contributed by atoms with E-state index >= 15 is 0 Å². The van der Waals surface area contributed by atoms with Crippen molar-refractivity contribution in [2.75, 3.05) is 17.4 Å². The van der Waals surface area contributed by atoms with E-state index in [1.807, 2.05) is 12.1 Å². The number of sulfone groups is 1. The molecule has 6 heteroatoms. The Bertz CT molecular complexity index is 557. The van der Waals surface area contributed by atoms with Crippen LogP contribution in [0.1, 0.15) is 12.0 Å². The molecule has 2 atom stereocenters. The van der Waals surface area contributed by atoms with Crippen molar-refractivity contribution >= 4 is 44.6 Å². The van der Waals surface area contributed by atoms with Gasteiger partial charge in [-0.1, -0.05) is 29.3 Å². The molecule has 0 amide bonds. The van der Waals surface area contributed by atoms with E-state index in [4.69, 9.17) is 34.8 Å². The number of rotatable bonds is 4. The maximum atomic E-state index is 11.5. The zero-order valence-corrected chi connectivity index (χ0v) is 13.4. The number of halogens is 3. The Labute approximate surface area is 129 Å². The van der Waals surface area contributed by atoms with Gasteiger partial charge in [0, 0.05) is 5.88 Å². The normalized spacial score (nSPS) is 23.4. The Morgan fingerprint density at radius 2 is 2.00 bits per heavy atom. The van der Waals surface area contributed by atoms with Crippen LogP contribution in [-0.4, -0.2) is 25.8 Å². The van der Waals surface area contributed by atoms with Gasteiger partial charge in [0.1, 0.15) is 0 Å². The molecule has 19 heavy (non-hydrogen) atoms. The second kappa shape index (κ2) is 6.21. The van der Waals surface area contributed by atoms with Crippen molar-refractivity contribution < 1.29 is 8.42 Å². The van der Waals surface area contributed by atoms with Crippen LogP contribution in [0.25, 0.3) is 0 Å². The number of alkyl halides is 1. The molecule has 2 unspecified atom stereocenters. The monoisotopic (exact) mass is 340 g/mol. The minimum absolute atomic E-state index is 0.150. The largest absolute Gasteiger partial charge is 0.229 e. The van der Waals surface area contributed by atoms with Gasteiger partial charge in [0.05, 0.1) is 21.6 Å². The van der Waals surface area contributed by atoms with Gasteiger partial charge in [-0.15, -0.1) is 11.6 Å². The minimum Gasteiger partial charge on any atom is -0.229 e. The smallest absolute Gasteiger partial charge is 0.150 e. The fraction of sp³-hybridized carbons (Fsp3) is 0.538. The van der Waals surface area contributed by atoms with Gasteiger partial charge in [-0.3, -0.25) is 0 Å². The summed E-state index contributed by atoms with van der Waals surface area (Å²) in [5.74, 6) is 1.31. The van der Waals surface area contributed by atoms with E-state index < -0.39 is 9.84 Å². The highest BCUT2D eigenvalue weighted by atomic mass is 35.5. The molecular formula is C13H15Cl3O2S. The third-order valence-corrected chi connectivity index (χ3v) is 6.54. The third kappa shape index (κ3) is 4.01. The van der Waals surface area contributed by atoms with Crippen LogP contribution >= 0.6 is 34.8 Å². The van der Waals surface area contributed by atoms with Crippen LogP contribution in [0.4, 0.5) is 0 Å². The minimum atomic E-state index is -2.86. The summed E-state index contributed by atoms with van der Waals surface area (Å²) in [7, 11) is -2.86. The van der Waals surface area contributed by atoms with Gasteiger partial charge in [-0.2, -0.15) is 0 Å². The summed E-state index contributed by atoms with van der Waals surface area (Å²) in [5, 5.41) is 1.04. The van der Waals surface area contributed by atoms with Crippen molar-refractivity contribution in [1.29, 1.82) is 0 Å². The van der Waals surface area contributed by atoms with Crippen molar-refractivity contribution in [2.24, 2.45) is 11.8 Å². The van der Waals surface area contributed by atoms with Crippen LogP contribution in [-0.2, 0) is 16.3 Å². The van der Waals surface area contributed by atoms with Crippen LogP contribution < -0.4 is 0 Å². The van der Waals surface area contributed by atoms with Crippen LogP contribution in [0.2, 0.25) is 10.0 Å². The lowest BCUT2D eigenvalue weighted by atomic mass is 9.88. The first kappa shape index (κ1) is 15.4. The lowest BCUT2D eigenvalue weighted by Gasteiger charge is -2.20. The molecule has 1 aromatic rings. The second-order valence-corrected chi connectivity index (χ2v) is 8.38. The molecule has 1 aliphatic rings. The zero-order valence-electron chi connectivity index (χ0n) is 10.3. The van der Waals surface area contributed by atoms with E-state index in [0.717, 1.165) is 12.0 Å². The molecule has 0 bridgehead atoms. The molecule has 1 heterocycles. The first-order valence-electron chi connectivity index (χ1n) is 6.11. The molecule has 1 aliphatic heterocycles. The van der Waals surface area contributed by atoms with Gasteiger partial charge in [-0.25, -0.2) is 8.42 Å². The number of benzene rings is 1. The highest BCUT2D eigenvalue weighted by molar-refractivity contribution is 7.91. The van der Waals surface area contributed by atoms with Crippen LogP contribution in [0.15, 0.2) is 18.2 Å². The third-order valence-electron chi connectivity index (χ3n) is 3.61. The molecule has 106 valence electrons. The van der Waals surface area contributed by atoms with Crippen molar-refractivity contribution in [1.82, 2.24) is 0 Å². The van der Waals surface area contributed by atoms with E-state index in [1.54, 1.807) is 6.07 Å². The Kier molecular flexibility index (Phi) is 5.04. The van der Waals surface area contributed by atoms with Gasteiger partial charge in [0.25, 0.3) is 0 Å². The Morgan fingerprint density at radius 3 is 2.53 bits per heavy atom. The Balaban J connectivity index is 2.09. The van der Waals surface area contributed by atoms with Gasteiger partial charge in [0.2, 0.25) is 0 Å². The lowest BCUT2D eigenvalue weighted by molar-refractivity contribution is 0.398. The number of hydrogen-bond donors (Lipinski definition) is 0. The molecule has 1 aromatic carbocycles. The standard InChI is InChI=1S/C13H15Cl3O2S/c14-7-11(10-3-4-19(17,18)8-10)5-9-1-2-12(15)13(16)6-9/h1-2,6,10-11H,3-5,7-8H2. The average Bonchev–Trinajstić information content (AvgIpc) is 2.71. The molecule has 2 rings (SSSR count). The van der Waals surface area contributed by atoms with Crippen molar-refractivity contribution in [3.8, 4) is 0 Å². The summed E-state index contributed by atoms with van der Waals surface area (Å²) >= 11 is 17.9. The summed E-state index contributed by atoms with van der Waals surface area (Å²) in [4.78, 5) is 0. The van der Waals surface area contributed by atoms with Crippen LogP contribution in [0.3, 0.4) is 0 Å². The topological polar surface area (TPSA) is 34.1 Å². The predicted molar refractivity (Wildman–Crippen MR) is 81.1 cm³/mol. The maximum absolute atomic E-state index is 11.5. The fourth-order valence-electron chi connectivity index (χ4n) is 2.51. The quantitative estimate of drug-likeness (QED) is 0.780. The first-order valence-corrected chi connectivity index (χ1v) is 9.23. The Morgan fingerprint density at radius 1 is 1.26 bits per heavy atom. The van der Waals surface area contributed by atoms with E-state index in [1.165, 1.54) is 0 Å². The van der Waals surface area contributed by atoms with Crippen molar-refractivity contribution in [2.45, 2.75) is 12.8 Å². The van der Waals surface area contributed by atoms with Gasteiger partial charge in [-0.05, 0) is 42.4 Å². The summed E-state index contributed by atoms with van der Waals surface area (Å²) in [6.07, 6.45) is 1.45. The van der Waals surface area contributed by atoms with Crippen LogP contribution in [0.5, 0.6) is 0 Å². The molecular weight excluding hydrogens is 327 g/mol. The molecule has 0 N–H and O–H groups in total. The second-order valence-electron chi connectivity index (χ2n) is 5.03. The molecule has 0 aromatic heterocycles. The summed E-state index contributed by atoms with van der Waals surface area (Å²) < 4.78 is 23.1. The van der Waals surface area contributed by atoms with E-state index in [0.29, 0.717) is 22.3 Å². The van der Waals surface area contributed by atoms with Gasteiger partial charge in [0.15, 0.2) is 9.84 Å². The van der Waals surface area contributed by atoms with E-state index in [-0.39, 0.29) is 23.3 Å². The molecule has 1 fully saturated rings. The van der Waals surface area contributed by atoms with Gasteiger partial charge < -0.3 is 0 Å². The van der Waals surface area contributed by atoms with Crippen LogP contribution in [0, 0.1) is 11.8 Å². The van der Waals surface area contributed by atoms with Gasteiger partial charge >= 0.3 is 0 Å².